The van der Waals surface area contributed by atoms with Crippen molar-refractivity contribution in [3.8, 4) is 11.4 Å². The topological polar surface area (TPSA) is 69.0 Å². The first kappa shape index (κ1) is 22.9. The number of anilines is 1. The largest absolute Gasteiger partial charge is 0.495 e. The van der Waals surface area contributed by atoms with E-state index in [1.54, 1.807) is 13.2 Å². The number of ether oxygens (including phenoxy) is 1. The highest BCUT2D eigenvalue weighted by Gasteiger charge is 2.22. The van der Waals surface area contributed by atoms with E-state index in [0.29, 0.717) is 28.0 Å². The van der Waals surface area contributed by atoms with Gasteiger partial charge in [-0.1, -0.05) is 65.8 Å². The van der Waals surface area contributed by atoms with E-state index in [2.05, 4.69) is 27.6 Å². The SMILES string of the molecule is COc1ccccc1NC(=O)C(C)Sc1nnc(Cc2ccccc2)n1-c1ccc(Cl)cc1. The second-order valence-corrected chi connectivity index (χ2v) is 9.07. The van der Waals surface area contributed by atoms with E-state index in [1.165, 1.54) is 11.8 Å². The van der Waals surface area contributed by atoms with Gasteiger partial charge in [-0.05, 0) is 48.9 Å². The number of para-hydroxylation sites is 2. The van der Waals surface area contributed by atoms with Crippen molar-refractivity contribution in [1.29, 1.82) is 0 Å². The number of aromatic nitrogens is 3. The van der Waals surface area contributed by atoms with Gasteiger partial charge in [0, 0.05) is 17.1 Å². The molecular weight excluding hydrogens is 456 g/mol. The van der Waals surface area contributed by atoms with Crippen molar-refractivity contribution < 1.29 is 9.53 Å². The summed E-state index contributed by atoms with van der Waals surface area (Å²) in [6.45, 7) is 1.84. The summed E-state index contributed by atoms with van der Waals surface area (Å²) >= 11 is 7.45. The third kappa shape index (κ3) is 5.56. The lowest BCUT2D eigenvalue weighted by atomic mass is 10.1. The zero-order chi connectivity index (χ0) is 23.2. The summed E-state index contributed by atoms with van der Waals surface area (Å²) in [6, 6.07) is 24.9. The average molecular weight is 479 g/mol. The van der Waals surface area contributed by atoms with Gasteiger partial charge < -0.3 is 10.1 Å². The molecule has 0 aliphatic heterocycles. The van der Waals surface area contributed by atoms with Gasteiger partial charge in [-0.3, -0.25) is 9.36 Å². The molecule has 1 amide bonds. The number of rotatable bonds is 8. The van der Waals surface area contributed by atoms with Crippen LogP contribution in [0.25, 0.3) is 5.69 Å². The molecule has 0 aliphatic carbocycles. The highest BCUT2D eigenvalue weighted by atomic mass is 35.5. The third-order valence-corrected chi connectivity index (χ3v) is 6.30. The molecule has 4 aromatic rings. The van der Waals surface area contributed by atoms with Crippen LogP contribution in [-0.2, 0) is 11.2 Å². The van der Waals surface area contributed by atoms with Gasteiger partial charge in [-0.25, -0.2) is 0 Å². The normalized spacial score (nSPS) is 11.7. The molecule has 0 spiro atoms. The number of nitrogens with zero attached hydrogens (tertiary/aromatic N) is 3. The van der Waals surface area contributed by atoms with Gasteiger partial charge in [0.2, 0.25) is 5.91 Å². The maximum absolute atomic E-state index is 12.9. The monoisotopic (exact) mass is 478 g/mol. The predicted molar refractivity (Wildman–Crippen MR) is 133 cm³/mol. The first-order valence-electron chi connectivity index (χ1n) is 10.4. The molecule has 0 radical (unpaired) electrons. The Morgan fingerprint density at radius 1 is 1.03 bits per heavy atom. The Kier molecular flexibility index (Phi) is 7.32. The fourth-order valence-corrected chi connectivity index (χ4v) is 4.33. The van der Waals surface area contributed by atoms with Crippen molar-refractivity contribution in [2.75, 3.05) is 12.4 Å². The zero-order valence-corrected chi connectivity index (χ0v) is 19.8. The van der Waals surface area contributed by atoms with E-state index in [1.807, 2.05) is 72.2 Å². The summed E-state index contributed by atoms with van der Waals surface area (Å²) in [5.41, 5.74) is 2.63. The molecule has 1 unspecified atom stereocenters. The van der Waals surface area contributed by atoms with Crippen molar-refractivity contribution in [3.05, 3.63) is 95.3 Å². The highest BCUT2D eigenvalue weighted by Crippen LogP contribution is 2.29. The highest BCUT2D eigenvalue weighted by molar-refractivity contribution is 8.00. The van der Waals surface area contributed by atoms with Crippen LogP contribution in [0, 0.1) is 0 Å². The average Bonchev–Trinajstić information content (AvgIpc) is 3.22. The summed E-state index contributed by atoms with van der Waals surface area (Å²) in [7, 11) is 1.58. The summed E-state index contributed by atoms with van der Waals surface area (Å²) in [6.07, 6.45) is 0.610. The number of methoxy groups -OCH3 is 1. The lowest BCUT2D eigenvalue weighted by Gasteiger charge is -2.15. The van der Waals surface area contributed by atoms with Gasteiger partial charge in [-0.15, -0.1) is 10.2 Å². The fourth-order valence-electron chi connectivity index (χ4n) is 3.31. The van der Waals surface area contributed by atoms with Crippen LogP contribution in [0.1, 0.15) is 18.3 Å². The van der Waals surface area contributed by atoms with E-state index < -0.39 is 5.25 Å². The smallest absolute Gasteiger partial charge is 0.237 e. The van der Waals surface area contributed by atoms with Crippen molar-refractivity contribution in [1.82, 2.24) is 14.8 Å². The van der Waals surface area contributed by atoms with Crippen LogP contribution in [0.15, 0.2) is 84.0 Å². The van der Waals surface area contributed by atoms with E-state index in [9.17, 15) is 4.79 Å². The Balaban J connectivity index is 1.60. The van der Waals surface area contributed by atoms with Gasteiger partial charge in [0.15, 0.2) is 5.16 Å². The molecule has 1 atom stereocenters. The lowest BCUT2D eigenvalue weighted by molar-refractivity contribution is -0.115. The van der Waals surface area contributed by atoms with Gasteiger partial charge in [0.05, 0.1) is 18.0 Å². The second-order valence-electron chi connectivity index (χ2n) is 7.32. The number of carbonyl (C=O) groups is 1. The second kappa shape index (κ2) is 10.6. The maximum Gasteiger partial charge on any atom is 0.237 e. The molecule has 0 saturated heterocycles. The standard InChI is InChI=1S/C25H23ClN4O2S/c1-17(24(31)27-21-10-6-7-11-22(21)32-2)33-25-29-28-23(16-18-8-4-3-5-9-18)30(25)20-14-12-19(26)13-15-20/h3-15,17H,16H2,1-2H3,(H,27,31). The number of halogens is 1. The molecule has 0 aliphatic rings. The number of hydrogen-bond donors (Lipinski definition) is 1. The van der Waals surface area contributed by atoms with Crippen LogP contribution in [-0.4, -0.2) is 33.0 Å². The molecule has 1 aromatic heterocycles. The molecule has 3 aromatic carbocycles. The number of carbonyl (C=O) groups excluding carboxylic acids is 1. The first-order valence-corrected chi connectivity index (χ1v) is 11.7. The van der Waals surface area contributed by atoms with Crippen LogP contribution >= 0.6 is 23.4 Å². The van der Waals surface area contributed by atoms with E-state index >= 15 is 0 Å². The number of hydrogen-bond acceptors (Lipinski definition) is 5. The molecule has 168 valence electrons. The van der Waals surface area contributed by atoms with E-state index in [0.717, 1.165) is 17.1 Å². The molecule has 0 bridgehead atoms. The van der Waals surface area contributed by atoms with Crippen LogP contribution in [0.5, 0.6) is 5.75 Å². The van der Waals surface area contributed by atoms with Gasteiger partial charge in [-0.2, -0.15) is 0 Å². The predicted octanol–water partition coefficient (Wildman–Crippen LogP) is 5.64. The van der Waals surface area contributed by atoms with Crippen molar-refractivity contribution in [3.63, 3.8) is 0 Å². The Bertz CT molecular complexity index is 1230. The Morgan fingerprint density at radius 3 is 2.45 bits per heavy atom. The molecule has 0 saturated carbocycles. The van der Waals surface area contributed by atoms with Crippen molar-refractivity contribution >= 4 is 35.0 Å². The minimum atomic E-state index is -0.422. The van der Waals surface area contributed by atoms with Crippen LogP contribution in [0.4, 0.5) is 5.69 Å². The molecule has 8 heteroatoms. The Hall–Kier alpha value is -3.29. The van der Waals surface area contributed by atoms with Gasteiger partial charge in [0.25, 0.3) is 0 Å². The van der Waals surface area contributed by atoms with E-state index in [4.69, 9.17) is 16.3 Å². The Morgan fingerprint density at radius 2 is 1.73 bits per heavy atom. The molecule has 33 heavy (non-hydrogen) atoms. The van der Waals surface area contributed by atoms with Crippen LogP contribution < -0.4 is 10.1 Å². The van der Waals surface area contributed by atoms with Crippen molar-refractivity contribution in [2.45, 2.75) is 23.8 Å². The zero-order valence-electron chi connectivity index (χ0n) is 18.2. The number of thioether (sulfide) groups is 1. The summed E-state index contributed by atoms with van der Waals surface area (Å²) in [5, 5.41) is 12.6. The minimum absolute atomic E-state index is 0.153. The molecular formula is C25H23ClN4O2S. The number of amides is 1. The van der Waals surface area contributed by atoms with E-state index in [-0.39, 0.29) is 5.91 Å². The summed E-state index contributed by atoms with van der Waals surface area (Å²) in [4.78, 5) is 12.9. The molecule has 4 rings (SSSR count). The molecule has 1 N–H and O–H groups in total. The fraction of sp³-hybridized carbons (Fsp3) is 0.160. The quantitative estimate of drug-likeness (QED) is 0.332. The minimum Gasteiger partial charge on any atom is -0.495 e. The Labute approximate surface area is 202 Å². The van der Waals surface area contributed by atoms with Crippen LogP contribution in [0.3, 0.4) is 0 Å². The number of nitrogens with one attached hydrogen (secondary N) is 1. The summed E-state index contributed by atoms with van der Waals surface area (Å²) < 4.78 is 7.31. The first-order chi connectivity index (χ1) is 16.0. The third-order valence-electron chi connectivity index (χ3n) is 5.01. The van der Waals surface area contributed by atoms with Crippen LogP contribution in [0.2, 0.25) is 5.02 Å². The van der Waals surface area contributed by atoms with Gasteiger partial charge >= 0.3 is 0 Å². The molecule has 0 fully saturated rings. The summed E-state index contributed by atoms with van der Waals surface area (Å²) in [5.74, 6) is 1.24. The number of benzene rings is 3. The van der Waals surface area contributed by atoms with Gasteiger partial charge in [0.1, 0.15) is 11.6 Å². The lowest BCUT2D eigenvalue weighted by Crippen LogP contribution is -2.23. The van der Waals surface area contributed by atoms with Crippen molar-refractivity contribution in [2.24, 2.45) is 0 Å². The molecule has 6 nitrogen and oxygen atoms in total. The molecule has 1 heterocycles. The maximum atomic E-state index is 12.9.